The molecule has 1 aliphatic rings. The predicted molar refractivity (Wildman–Crippen MR) is 267 cm³/mol. The number of aliphatic hydroxyl groups is 3. The van der Waals surface area contributed by atoms with E-state index in [1.165, 1.54) is 63.9 Å². The number of nitrogens with zero attached hydrogens (tertiary/aromatic N) is 2. The van der Waals surface area contributed by atoms with Gasteiger partial charge in [0.2, 0.25) is 0 Å². The Bertz CT molecular complexity index is 1890. The molecule has 0 saturated carbocycles. The average Bonchev–Trinajstić information content (AvgIpc) is 3.59. The van der Waals surface area contributed by atoms with Crippen LogP contribution in [0.4, 0.5) is 5.82 Å². The highest BCUT2D eigenvalue weighted by Gasteiger charge is 2.46. The number of unbranched alkanes of at least 4 members (excludes halogenated alkanes) is 13. The molecule has 1 fully saturated rings. The smallest absolute Gasteiger partial charge is 0.462 e. The minimum Gasteiger partial charge on any atom is -0.462 e. The zero-order valence-electron chi connectivity index (χ0n) is 41.6. The zero-order chi connectivity index (χ0) is 51.6. The number of ether oxygens (including phenoxy) is 3. The number of anilines is 1. The van der Waals surface area contributed by atoms with Gasteiger partial charge in [-0.1, -0.05) is 153 Å². The largest absolute Gasteiger partial charge is 0.481 e. The second-order valence-electron chi connectivity index (χ2n) is 17.8. The van der Waals surface area contributed by atoms with Gasteiger partial charge in [0.15, 0.2) is 12.3 Å². The third-order valence-electron chi connectivity index (χ3n) is 11.5. The predicted octanol–water partition coefficient (Wildman–Crippen LogP) is 8.99. The molecule has 0 amide bonds. The van der Waals surface area contributed by atoms with Crippen LogP contribution < -0.4 is 11.4 Å². The summed E-state index contributed by atoms with van der Waals surface area (Å²) in [6.07, 6.45) is 28.0. The number of allylic oxidation sites excluding steroid dienone is 6. The van der Waals surface area contributed by atoms with E-state index >= 15 is 0 Å². The van der Waals surface area contributed by atoms with E-state index in [1.807, 2.05) is 36.5 Å². The number of nitrogen functional groups attached to an aromatic ring is 1. The number of hydrogen-bond donors (Lipinski definition) is 6. The van der Waals surface area contributed by atoms with Crippen LogP contribution in [0.15, 0.2) is 65.7 Å². The molecule has 2 heterocycles. The van der Waals surface area contributed by atoms with Gasteiger partial charge in [0.1, 0.15) is 30.7 Å². The Morgan fingerprint density at radius 3 is 2.14 bits per heavy atom. The Morgan fingerprint density at radius 1 is 0.814 bits per heavy atom. The summed E-state index contributed by atoms with van der Waals surface area (Å²) in [5.74, 6) is -0.613. The van der Waals surface area contributed by atoms with Crippen molar-refractivity contribution >= 4 is 33.4 Å². The van der Waals surface area contributed by atoms with Crippen LogP contribution in [0.3, 0.4) is 0 Å². The molecule has 21 heteroatoms. The Labute approximate surface area is 414 Å². The van der Waals surface area contributed by atoms with Crippen molar-refractivity contribution in [1.29, 1.82) is 0 Å². The summed E-state index contributed by atoms with van der Waals surface area (Å²) in [4.78, 5) is 61.8. The number of carbonyl (C=O) groups excluding carboxylic acids is 2. The number of rotatable bonds is 40. The Balaban J connectivity index is 1.85. The van der Waals surface area contributed by atoms with Gasteiger partial charge in [-0.3, -0.25) is 23.2 Å². The van der Waals surface area contributed by atoms with Crippen molar-refractivity contribution in [2.75, 3.05) is 25.6 Å². The first kappa shape index (κ1) is 62.8. The van der Waals surface area contributed by atoms with Gasteiger partial charge in [0.25, 0.3) is 0 Å². The van der Waals surface area contributed by atoms with E-state index in [2.05, 4.69) is 36.1 Å². The van der Waals surface area contributed by atoms with Gasteiger partial charge in [-0.05, 0) is 56.9 Å². The number of hydrogen-bond acceptors (Lipinski definition) is 16. The monoisotopic (exact) mass is 1030 g/mol. The van der Waals surface area contributed by atoms with Crippen LogP contribution in [-0.2, 0) is 46.3 Å². The fourth-order valence-corrected chi connectivity index (χ4v) is 9.30. The van der Waals surface area contributed by atoms with Gasteiger partial charge in [0, 0.05) is 19.0 Å². The van der Waals surface area contributed by atoms with E-state index in [9.17, 15) is 48.6 Å². The van der Waals surface area contributed by atoms with E-state index in [0.29, 0.717) is 32.1 Å². The third-order valence-corrected chi connectivity index (χ3v) is 14.1. The van der Waals surface area contributed by atoms with Gasteiger partial charge in [0.05, 0.1) is 19.3 Å². The molecule has 1 saturated heterocycles. The Hall–Kier alpha value is -3.32. The lowest BCUT2D eigenvalue weighted by atomic mass is 9.99. The van der Waals surface area contributed by atoms with Crippen molar-refractivity contribution in [1.82, 2.24) is 9.55 Å². The molecule has 0 aliphatic carbocycles. The quantitative estimate of drug-likeness (QED) is 0.0117. The lowest BCUT2D eigenvalue weighted by molar-refractivity contribution is -0.161. The highest BCUT2D eigenvalue weighted by atomic mass is 31.3. The zero-order valence-corrected chi connectivity index (χ0v) is 43.4. The molecular formula is C49H83N3O16P2. The second-order valence-corrected chi connectivity index (χ2v) is 20.8. The molecule has 70 heavy (non-hydrogen) atoms. The molecule has 0 radical (unpaired) electrons. The van der Waals surface area contributed by atoms with E-state index in [0.717, 1.165) is 55.2 Å². The van der Waals surface area contributed by atoms with Gasteiger partial charge >= 0.3 is 33.3 Å². The van der Waals surface area contributed by atoms with Crippen LogP contribution >= 0.6 is 15.6 Å². The van der Waals surface area contributed by atoms with Crippen LogP contribution in [0.2, 0.25) is 0 Å². The van der Waals surface area contributed by atoms with E-state index in [1.54, 1.807) is 6.08 Å². The molecule has 2 rings (SSSR count). The number of phosphoric ester groups is 2. The maximum atomic E-state index is 12.8. The van der Waals surface area contributed by atoms with Crippen LogP contribution in [-0.4, -0.2) is 96.9 Å². The summed E-state index contributed by atoms with van der Waals surface area (Å²) >= 11 is 0. The van der Waals surface area contributed by atoms with Gasteiger partial charge in [-0.15, -0.1) is 0 Å². The van der Waals surface area contributed by atoms with Crippen LogP contribution in [0.5, 0.6) is 0 Å². The number of nitrogens with two attached hydrogens (primary N) is 1. The minimum absolute atomic E-state index is 0.0600. The van der Waals surface area contributed by atoms with Crippen LogP contribution in [0, 0.1) is 5.92 Å². The first-order chi connectivity index (χ1) is 33.5. The number of carbonyl (C=O) groups is 2. The molecule has 0 spiro atoms. The summed E-state index contributed by atoms with van der Waals surface area (Å²) in [7, 11) is -10.9. The molecule has 400 valence electrons. The van der Waals surface area contributed by atoms with Crippen LogP contribution in [0.25, 0.3) is 0 Å². The highest BCUT2D eigenvalue weighted by Crippen LogP contribution is 2.60. The van der Waals surface area contributed by atoms with Crippen molar-refractivity contribution in [2.45, 2.75) is 199 Å². The fraction of sp³-hybridized carbons (Fsp3) is 0.714. The maximum absolute atomic E-state index is 12.8. The number of esters is 2. The second kappa shape index (κ2) is 36.6. The van der Waals surface area contributed by atoms with Crippen molar-refractivity contribution in [3.63, 3.8) is 0 Å². The lowest BCUT2D eigenvalue weighted by Crippen LogP contribution is -2.36. The van der Waals surface area contributed by atoms with Crippen molar-refractivity contribution < 1.29 is 71.4 Å². The number of phosphoric acid groups is 2. The van der Waals surface area contributed by atoms with Gasteiger partial charge in [-0.25, -0.2) is 13.9 Å². The molecule has 1 aliphatic heterocycles. The molecule has 0 aromatic carbocycles. The van der Waals surface area contributed by atoms with Crippen LogP contribution in [0.1, 0.15) is 168 Å². The summed E-state index contributed by atoms with van der Waals surface area (Å²) in [5, 5.41) is 31.0. The minimum atomic E-state index is -5.45. The van der Waals surface area contributed by atoms with Crippen molar-refractivity contribution in [3.05, 3.63) is 71.4 Å². The Kier molecular flexibility index (Phi) is 32.8. The standard InChI is InChI=1S/C49H83N3O16P2/c1-4-6-7-8-14-20-25-30-40(53)31-26-21-16-13-18-23-28-33-45(55)66-41(36-63-44(54)32-27-22-17-12-10-9-11-15-19-24-29-39(3)5-2)37-64-69(59,60)68-70(61,62)65-38-42-46(56)47(57)48(67-42)52-35-34-43(50)51-49(52)58/h13-14,18,20-21,25-26,30,34-35,39-42,46-48,53,56-57H,4-12,15-17,19,22-24,27-29,31-33,36-38H2,1-3H3,(H,59,60)(H,61,62)(H2,50,51,58)/b18-13+,20-14-,26-21-,30-25-/t39?,40-,41+,42+,46+,47+,48+/m0/s1. The summed E-state index contributed by atoms with van der Waals surface area (Å²) in [6.45, 7) is 4.30. The molecule has 0 bridgehead atoms. The number of aliphatic hydroxyl groups excluding tert-OH is 3. The normalized spacial score (nSPS) is 20.6. The van der Waals surface area contributed by atoms with Crippen molar-refractivity contribution in [2.24, 2.45) is 5.92 Å². The topological polar surface area (TPSA) is 286 Å². The highest BCUT2D eigenvalue weighted by molar-refractivity contribution is 7.61. The molecule has 9 atom stereocenters. The molecule has 19 nitrogen and oxygen atoms in total. The van der Waals surface area contributed by atoms with E-state index in [4.69, 9.17) is 29.0 Å². The third kappa shape index (κ3) is 29.3. The van der Waals surface area contributed by atoms with Crippen molar-refractivity contribution in [3.8, 4) is 0 Å². The average molecular weight is 1030 g/mol. The first-order valence-electron chi connectivity index (χ1n) is 25.2. The SMILES string of the molecule is CCCCC/C=C\C=C/[C@H](O)C/C=C\C/C=C/CCCC(=O)O[C@H](COC(=O)CCCCCCCCCCCCC(C)CC)COP(=O)(O)OP(=O)(O)OC[C@H]1O[C@@H](n2ccc(N)nc2=O)[C@H](O)[C@@H]1O. The molecule has 3 unspecified atom stereocenters. The summed E-state index contributed by atoms with van der Waals surface area (Å²) in [6, 6.07) is 1.24. The maximum Gasteiger partial charge on any atom is 0.481 e. The fourth-order valence-electron chi connectivity index (χ4n) is 7.18. The van der Waals surface area contributed by atoms with E-state index in [-0.39, 0.29) is 18.7 Å². The summed E-state index contributed by atoms with van der Waals surface area (Å²) in [5.41, 5.74) is 4.57. The van der Waals surface area contributed by atoms with E-state index < -0.39 is 89.8 Å². The number of aromatic nitrogens is 2. The van der Waals surface area contributed by atoms with Gasteiger partial charge < -0.3 is 45.1 Å². The molecule has 1 aromatic rings. The molecular weight excluding hydrogens is 948 g/mol. The van der Waals surface area contributed by atoms with Gasteiger partial charge in [-0.2, -0.15) is 9.29 Å². The summed E-state index contributed by atoms with van der Waals surface area (Å²) < 4.78 is 56.6. The molecule has 1 aromatic heterocycles. The first-order valence-corrected chi connectivity index (χ1v) is 28.1. The lowest BCUT2D eigenvalue weighted by Gasteiger charge is -2.21. The Morgan fingerprint density at radius 2 is 1.46 bits per heavy atom. The molecule has 7 N–H and O–H groups in total.